The van der Waals surface area contributed by atoms with Crippen molar-refractivity contribution in [2.45, 2.75) is 44.6 Å². The second-order valence-corrected chi connectivity index (χ2v) is 3.80. The molecule has 0 spiro atoms. The minimum absolute atomic E-state index is 0.0398. The summed E-state index contributed by atoms with van der Waals surface area (Å²) in [7, 11) is 0. The molecule has 2 nitrogen and oxygen atoms in total. The summed E-state index contributed by atoms with van der Waals surface area (Å²) in [6.45, 7) is 1.57. The van der Waals surface area contributed by atoms with Gasteiger partial charge in [0.2, 0.25) is 0 Å². The first kappa shape index (κ1) is 11.8. The van der Waals surface area contributed by atoms with E-state index in [1.54, 1.807) is 6.92 Å². The molecule has 3 atom stereocenters. The maximum absolute atomic E-state index is 12.3. The molecule has 14 heavy (non-hydrogen) atoms. The van der Waals surface area contributed by atoms with E-state index >= 15 is 0 Å². The van der Waals surface area contributed by atoms with E-state index in [4.69, 9.17) is 9.84 Å². The van der Waals surface area contributed by atoms with Gasteiger partial charge in [0.15, 0.2) is 6.10 Å². The van der Waals surface area contributed by atoms with Crippen molar-refractivity contribution in [2.75, 3.05) is 6.61 Å². The molecule has 1 fully saturated rings. The summed E-state index contributed by atoms with van der Waals surface area (Å²) < 4.78 is 41.8. The average Bonchev–Trinajstić information content (AvgIpc) is 2.15. The number of aliphatic hydroxyl groups is 1. The molecule has 0 aromatic carbocycles. The monoisotopic (exact) mass is 212 g/mol. The fourth-order valence-electron chi connectivity index (χ4n) is 1.63. The van der Waals surface area contributed by atoms with Crippen molar-refractivity contribution < 1.29 is 23.0 Å². The first-order valence-corrected chi connectivity index (χ1v) is 4.78. The van der Waals surface area contributed by atoms with Gasteiger partial charge in [0.1, 0.15) is 0 Å². The maximum Gasteiger partial charge on any atom is 0.414 e. The summed E-state index contributed by atoms with van der Waals surface area (Å²) in [4.78, 5) is 0. The smallest absolute Gasteiger partial charge is 0.396 e. The van der Waals surface area contributed by atoms with Crippen LogP contribution < -0.4 is 0 Å². The quantitative estimate of drug-likeness (QED) is 0.759. The molecule has 1 rings (SSSR count). The van der Waals surface area contributed by atoms with Gasteiger partial charge in [-0.2, -0.15) is 13.2 Å². The number of hydrogen-bond donors (Lipinski definition) is 1. The van der Waals surface area contributed by atoms with Gasteiger partial charge in [0, 0.05) is 12.5 Å². The lowest BCUT2D eigenvalue weighted by Gasteiger charge is -2.33. The zero-order valence-corrected chi connectivity index (χ0v) is 8.05. The van der Waals surface area contributed by atoms with Crippen LogP contribution in [0.4, 0.5) is 13.2 Å². The summed E-state index contributed by atoms with van der Waals surface area (Å²) in [6, 6.07) is 0. The fraction of sp³-hybridized carbons (Fsp3) is 1.00. The molecule has 0 amide bonds. The van der Waals surface area contributed by atoms with Crippen LogP contribution in [-0.2, 0) is 4.74 Å². The molecule has 3 unspecified atom stereocenters. The van der Waals surface area contributed by atoms with Gasteiger partial charge in [0.25, 0.3) is 0 Å². The highest BCUT2D eigenvalue weighted by Gasteiger charge is 2.44. The topological polar surface area (TPSA) is 29.5 Å². The van der Waals surface area contributed by atoms with Gasteiger partial charge in [-0.05, 0) is 19.3 Å². The molecule has 0 saturated carbocycles. The highest BCUT2D eigenvalue weighted by Crippen LogP contribution is 2.33. The van der Waals surface area contributed by atoms with E-state index < -0.39 is 18.4 Å². The van der Waals surface area contributed by atoms with Crippen molar-refractivity contribution in [3.63, 3.8) is 0 Å². The van der Waals surface area contributed by atoms with E-state index in [9.17, 15) is 13.2 Å². The van der Waals surface area contributed by atoms with Crippen molar-refractivity contribution in [1.82, 2.24) is 0 Å². The van der Waals surface area contributed by atoms with Crippen LogP contribution in [0.25, 0.3) is 0 Å². The van der Waals surface area contributed by atoms with Gasteiger partial charge in [-0.25, -0.2) is 0 Å². The summed E-state index contributed by atoms with van der Waals surface area (Å²) in [5, 5.41) is 8.81. The van der Waals surface area contributed by atoms with E-state index in [2.05, 4.69) is 0 Å². The average molecular weight is 212 g/mol. The Balaban J connectivity index is 2.52. The third kappa shape index (κ3) is 2.85. The zero-order valence-electron chi connectivity index (χ0n) is 8.05. The number of halogens is 3. The Bertz CT molecular complexity index is 181. The molecule has 1 saturated heterocycles. The van der Waals surface area contributed by atoms with Gasteiger partial charge in [-0.1, -0.05) is 6.92 Å². The largest absolute Gasteiger partial charge is 0.414 e. The molecular weight excluding hydrogens is 197 g/mol. The predicted molar refractivity (Wildman–Crippen MR) is 44.8 cm³/mol. The van der Waals surface area contributed by atoms with Crippen LogP contribution in [0.1, 0.15) is 26.2 Å². The van der Waals surface area contributed by atoms with Crippen LogP contribution in [0, 0.1) is 5.92 Å². The number of ether oxygens (including phenoxy) is 1. The second kappa shape index (κ2) is 4.49. The molecule has 1 aliphatic heterocycles. The van der Waals surface area contributed by atoms with Crippen LogP contribution in [0.15, 0.2) is 0 Å². The standard InChI is InChI=1S/C9H15F3O2/c1-6(5-13)7-3-2-4-8(14-7)9(10,11)12/h6-8,13H,2-5H2,1H3. The molecule has 0 aromatic heterocycles. The molecule has 1 N–H and O–H groups in total. The predicted octanol–water partition coefficient (Wildman–Crippen LogP) is 2.11. The van der Waals surface area contributed by atoms with Crippen LogP contribution >= 0.6 is 0 Å². The summed E-state index contributed by atoms with van der Waals surface area (Å²) in [6.07, 6.45) is -5.21. The van der Waals surface area contributed by atoms with Gasteiger partial charge in [-0.15, -0.1) is 0 Å². The molecular formula is C9H15F3O2. The van der Waals surface area contributed by atoms with Crippen molar-refractivity contribution >= 4 is 0 Å². The van der Waals surface area contributed by atoms with Crippen molar-refractivity contribution in [3.8, 4) is 0 Å². The molecule has 1 aliphatic rings. The Morgan fingerprint density at radius 3 is 2.57 bits per heavy atom. The zero-order chi connectivity index (χ0) is 10.8. The normalized spacial score (nSPS) is 31.5. The summed E-state index contributed by atoms with van der Waals surface area (Å²) >= 11 is 0. The first-order chi connectivity index (χ1) is 6.45. The first-order valence-electron chi connectivity index (χ1n) is 4.78. The Kier molecular flexibility index (Phi) is 3.78. The van der Waals surface area contributed by atoms with E-state index in [1.807, 2.05) is 0 Å². The highest BCUT2D eigenvalue weighted by molar-refractivity contribution is 4.78. The van der Waals surface area contributed by atoms with Gasteiger partial charge >= 0.3 is 6.18 Å². The summed E-state index contributed by atoms with van der Waals surface area (Å²) in [5.41, 5.74) is 0. The lowest BCUT2D eigenvalue weighted by Crippen LogP contribution is -2.41. The van der Waals surface area contributed by atoms with Crippen molar-refractivity contribution in [2.24, 2.45) is 5.92 Å². The van der Waals surface area contributed by atoms with Gasteiger partial charge < -0.3 is 9.84 Å². The molecule has 0 bridgehead atoms. The number of alkyl halides is 3. The second-order valence-electron chi connectivity index (χ2n) is 3.80. The molecule has 84 valence electrons. The third-order valence-corrected chi connectivity index (χ3v) is 2.58. The fourth-order valence-corrected chi connectivity index (χ4v) is 1.63. The minimum Gasteiger partial charge on any atom is -0.396 e. The Labute approximate surface area is 81.1 Å². The van der Waals surface area contributed by atoms with Crippen LogP contribution in [0.2, 0.25) is 0 Å². The minimum atomic E-state index is -4.27. The molecule has 0 aromatic rings. The van der Waals surface area contributed by atoms with E-state index in [-0.39, 0.29) is 18.9 Å². The number of aliphatic hydroxyl groups excluding tert-OH is 1. The Morgan fingerprint density at radius 2 is 2.07 bits per heavy atom. The van der Waals surface area contributed by atoms with E-state index in [0.717, 1.165) is 0 Å². The lowest BCUT2D eigenvalue weighted by molar-refractivity contribution is -0.251. The third-order valence-electron chi connectivity index (χ3n) is 2.58. The van der Waals surface area contributed by atoms with Crippen molar-refractivity contribution in [3.05, 3.63) is 0 Å². The molecule has 0 radical (unpaired) electrons. The number of hydrogen-bond acceptors (Lipinski definition) is 2. The maximum atomic E-state index is 12.3. The highest BCUT2D eigenvalue weighted by atomic mass is 19.4. The van der Waals surface area contributed by atoms with Gasteiger partial charge in [-0.3, -0.25) is 0 Å². The van der Waals surface area contributed by atoms with Crippen LogP contribution in [-0.4, -0.2) is 30.1 Å². The van der Waals surface area contributed by atoms with E-state index in [0.29, 0.717) is 12.8 Å². The Morgan fingerprint density at radius 1 is 1.43 bits per heavy atom. The van der Waals surface area contributed by atoms with Crippen LogP contribution in [0.3, 0.4) is 0 Å². The SMILES string of the molecule is CC(CO)C1CCCC(C(F)(F)F)O1. The number of rotatable bonds is 2. The molecule has 5 heteroatoms. The van der Waals surface area contributed by atoms with Crippen molar-refractivity contribution in [1.29, 1.82) is 0 Å². The van der Waals surface area contributed by atoms with Crippen LogP contribution in [0.5, 0.6) is 0 Å². The Hall–Kier alpha value is -0.290. The molecule has 1 heterocycles. The molecule has 0 aliphatic carbocycles. The van der Waals surface area contributed by atoms with E-state index in [1.165, 1.54) is 0 Å². The van der Waals surface area contributed by atoms with Gasteiger partial charge in [0.05, 0.1) is 6.10 Å². The summed E-state index contributed by atoms with van der Waals surface area (Å²) in [5.74, 6) is -0.222. The lowest BCUT2D eigenvalue weighted by atomic mass is 9.95.